The summed E-state index contributed by atoms with van der Waals surface area (Å²) in [6.07, 6.45) is 1.61. The molecule has 0 aliphatic rings. The first kappa shape index (κ1) is 13.5. The third kappa shape index (κ3) is 6.10. The molecule has 0 atom stereocenters. The zero-order valence-corrected chi connectivity index (χ0v) is 11.8. The standard InChI is InChI=1S/C11H18ClNO2Si/c1-16(2,3)7-6-14-9-15-10-4-5-13-11(12)8-10/h4-5,8H,6-7,9H2,1-3H3. The van der Waals surface area contributed by atoms with Crippen LogP contribution < -0.4 is 4.74 Å². The molecular formula is C11H18ClNO2Si. The van der Waals surface area contributed by atoms with Crippen LogP contribution in [0.1, 0.15) is 0 Å². The highest BCUT2D eigenvalue weighted by Crippen LogP contribution is 2.14. The molecule has 0 spiro atoms. The third-order valence-corrected chi connectivity index (χ3v) is 3.91. The largest absolute Gasteiger partial charge is 0.467 e. The SMILES string of the molecule is C[Si](C)(C)CCOCOc1ccnc(Cl)c1. The van der Waals surface area contributed by atoms with Gasteiger partial charge in [0.05, 0.1) is 0 Å². The van der Waals surface area contributed by atoms with E-state index in [9.17, 15) is 0 Å². The van der Waals surface area contributed by atoms with Crippen molar-refractivity contribution < 1.29 is 9.47 Å². The molecule has 90 valence electrons. The highest BCUT2D eigenvalue weighted by atomic mass is 35.5. The van der Waals surface area contributed by atoms with Crippen molar-refractivity contribution in [2.24, 2.45) is 0 Å². The fourth-order valence-electron chi connectivity index (χ4n) is 1.02. The van der Waals surface area contributed by atoms with E-state index < -0.39 is 8.07 Å². The quantitative estimate of drug-likeness (QED) is 0.340. The molecule has 0 saturated carbocycles. The number of hydrogen-bond acceptors (Lipinski definition) is 3. The van der Waals surface area contributed by atoms with Gasteiger partial charge in [0.25, 0.3) is 0 Å². The lowest BCUT2D eigenvalue weighted by Crippen LogP contribution is -2.22. The molecule has 1 rings (SSSR count). The Hall–Kier alpha value is -0.583. The number of nitrogens with zero attached hydrogens (tertiary/aromatic N) is 1. The average Bonchev–Trinajstić information content (AvgIpc) is 2.15. The van der Waals surface area contributed by atoms with Crippen LogP contribution in [0.15, 0.2) is 18.3 Å². The van der Waals surface area contributed by atoms with Crippen LogP contribution in [0, 0.1) is 0 Å². The van der Waals surface area contributed by atoms with E-state index in [0.717, 1.165) is 12.7 Å². The van der Waals surface area contributed by atoms with Gasteiger partial charge in [0.2, 0.25) is 0 Å². The van der Waals surface area contributed by atoms with Gasteiger partial charge in [0.15, 0.2) is 6.79 Å². The smallest absolute Gasteiger partial charge is 0.189 e. The molecule has 0 aliphatic carbocycles. The molecule has 1 aromatic rings. The summed E-state index contributed by atoms with van der Waals surface area (Å²) in [5, 5.41) is 0.430. The van der Waals surface area contributed by atoms with E-state index in [-0.39, 0.29) is 6.79 Å². The van der Waals surface area contributed by atoms with E-state index in [2.05, 4.69) is 24.6 Å². The van der Waals surface area contributed by atoms with Crippen molar-refractivity contribution in [2.45, 2.75) is 25.7 Å². The minimum atomic E-state index is -1.01. The summed E-state index contributed by atoms with van der Waals surface area (Å²) >= 11 is 5.72. The molecule has 0 N–H and O–H groups in total. The van der Waals surface area contributed by atoms with Crippen LogP contribution in [0.2, 0.25) is 30.8 Å². The number of halogens is 1. The minimum Gasteiger partial charge on any atom is -0.467 e. The van der Waals surface area contributed by atoms with E-state index >= 15 is 0 Å². The van der Waals surface area contributed by atoms with Gasteiger partial charge in [-0.05, 0) is 12.1 Å². The highest BCUT2D eigenvalue weighted by Gasteiger charge is 2.11. The van der Waals surface area contributed by atoms with Gasteiger partial charge in [0, 0.05) is 26.9 Å². The Bertz CT molecular complexity index is 328. The van der Waals surface area contributed by atoms with Gasteiger partial charge in [-0.15, -0.1) is 0 Å². The molecule has 3 nitrogen and oxygen atoms in total. The van der Waals surface area contributed by atoms with Crippen molar-refractivity contribution in [2.75, 3.05) is 13.4 Å². The van der Waals surface area contributed by atoms with E-state index in [0.29, 0.717) is 10.9 Å². The summed E-state index contributed by atoms with van der Waals surface area (Å²) in [4.78, 5) is 3.87. The van der Waals surface area contributed by atoms with E-state index in [1.807, 2.05) is 0 Å². The molecule has 0 radical (unpaired) electrons. The lowest BCUT2D eigenvalue weighted by atomic mass is 10.5. The highest BCUT2D eigenvalue weighted by molar-refractivity contribution is 6.76. The second-order valence-corrected chi connectivity index (χ2v) is 10.8. The first-order chi connectivity index (χ1) is 7.47. The maximum atomic E-state index is 5.72. The Morgan fingerprint density at radius 2 is 2.12 bits per heavy atom. The summed E-state index contributed by atoms with van der Waals surface area (Å²) in [5.41, 5.74) is 0. The molecular weight excluding hydrogens is 242 g/mol. The van der Waals surface area contributed by atoms with Crippen molar-refractivity contribution in [3.05, 3.63) is 23.5 Å². The van der Waals surface area contributed by atoms with Gasteiger partial charge in [-0.25, -0.2) is 4.98 Å². The van der Waals surface area contributed by atoms with Crippen LogP contribution in [0.4, 0.5) is 0 Å². The van der Waals surface area contributed by atoms with Gasteiger partial charge in [-0.3, -0.25) is 0 Å². The first-order valence-electron chi connectivity index (χ1n) is 5.29. The van der Waals surface area contributed by atoms with Crippen LogP contribution in [0.25, 0.3) is 0 Å². The Balaban J connectivity index is 2.17. The van der Waals surface area contributed by atoms with Crippen molar-refractivity contribution in [1.82, 2.24) is 4.98 Å². The second kappa shape index (κ2) is 6.23. The summed E-state index contributed by atoms with van der Waals surface area (Å²) in [6, 6.07) is 4.57. The lowest BCUT2D eigenvalue weighted by molar-refractivity contribution is 0.0220. The lowest BCUT2D eigenvalue weighted by Gasteiger charge is -2.15. The zero-order chi connectivity index (χ0) is 12.0. The number of ether oxygens (including phenoxy) is 2. The van der Waals surface area contributed by atoms with Gasteiger partial charge >= 0.3 is 0 Å². The predicted molar refractivity (Wildman–Crippen MR) is 68.8 cm³/mol. The fourth-order valence-corrected chi connectivity index (χ4v) is 1.94. The topological polar surface area (TPSA) is 31.4 Å². The van der Waals surface area contributed by atoms with Crippen LogP contribution >= 0.6 is 11.6 Å². The van der Waals surface area contributed by atoms with Gasteiger partial charge in [-0.1, -0.05) is 31.2 Å². The Morgan fingerprint density at radius 3 is 2.75 bits per heavy atom. The molecule has 0 unspecified atom stereocenters. The molecule has 16 heavy (non-hydrogen) atoms. The minimum absolute atomic E-state index is 0.269. The van der Waals surface area contributed by atoms with E-state index in [4.69, 9.17) is 21.1 Å². The molecule has 5 heteroatoms. The maximum Gasteiger partial charge on any atom is 0.189 e. The van der Waals surface area contributed by atoms with E-state index in [1.165, 1.54) is 0 Å². The van der Waals surface area contributed by atoms with Crippen LogP contribution in [0.5, 0.6) is 5.75 Å². The van der Waals surface area contributed by atoms with Crippen LogP contribution in [-0.4, -0.2) is 26.5 Å². The molecule has 0 aromatic carbocycles. The number of aromatic nitrogens is 1. The average molecular weight is 260 g/mol. The Kier molecular flexibility index (Phi) is 5.25. The normalized spacial score (nSPS) is 11.5. The molecule has 0 saturated heterocycles. The van der Waals surface area contributed by atoms with Gasteiger partial charge in [0.1, 0.15) is 10.9 Å². The Morgan fingerprint density at radius 1 is 1.38 bits per heavy atom. The van der Waals surface area contributed by atoms with Crippen molar-refractivity contribution >= 4 is 19.7 Å². The van der Waals surface area contributed by atoms with Crippen LogP contribution in [-0.2, 0) is 4.74 Å². The summed E-state index contributed by atoms with van der Waals surface area (Å²) in [5.74, 6) is 0.688. The maximum absolute atomic E-state index is 5.72. The third-order valence-electron chi connectivity index (χ3n) is 2.00. The Labute approximate surface area is 103 Å². The van der Waals surface area contributed by atoms with Crippen molar-refractivity contribution in [1.29, 1.82) is 0 Å². The molecule has 0 fully saturated rings. The summed E-state index contributed by atoms with van der Waals surface area (Å²) in [7, 11) is -1.01. The van der Waals surface area contributed by atoms with Crippen LogP contribution in [0.3, 0.4) is 0 Å². The molecule has 0 bridgehead atoms. The number of pyridine rings is 1. The molecule has 1 aromatic heterocycles. The number of rotatable bonds is 6. The molecule has 0 aliphatic heterocycles. The summed E-state index contributed by atoms with van der Waals surface area (Å²) < 4.78 is 10.8. The van der Waals surface area contributed by atoms with Gasteiger partial charge in [-0.2, -0.15) is 0 Å². The molecule has 1 heterocycles. The van der Waals surface area contributed by atoms with E-state index in [1.54, 1.807) is 18.3 Å². The zero-order valence-electron chi connectivity index (χ0n) is 10.00. The summed E-state index contributed by atoms with van der Waals surface area (Å²) in [6.45, 7) is 7.99. The first-order valence-corrected chi connectivity index (χ1v) is 9.38. The van der Waals surface area contributed by atoms with Gasteiger partial charge < -0.3 is 9.47 Å². The monoisotopic (exact) mass is 259 g/mol. The molecule has 0 amide bonds. The second-order valence-electron chi connectivity index (χ2n) is 4.80. The fraction of sp³-hybridized carbons (Fsp3) is 0.545. The predicted octanol–water partition coefficient (Wildman–Crippen LogP) is 3.43. The van der Waals surface area contributed by atoms with Crippen molar-refractivity contribution in [3.8, 4) is 5.75 Å². The van der Waals surface area contributed by atoms with Crippen molar-refractivity contribution in [3.63, 3.8) is 0 Å². The number of hydrogen-bond donors (Lipinski definition) is 0.